The number of benzene rings is 1. The highest BCUT2D eigenvalue weighted by Crippen LogP contribution is 2.43. The molecular formula is C17H18F5NO4. The van der Waals surface area contributed by atoms with Gasteiger partial charge in [-0.3, -0.25) is 4.90 Å². The van der Waals surface area contributed by atoms with Gasteiger partial charge in [-0.15, -0.1) is 0 Å². The van der Waals surface area contributed by atoms with E-state index in [1.54, 1.807) is 0 Å². The Hall–Kier alpha value is -2.39. The molecule has 1 aromatic rings. The Kier molecular flexibility index (Phi) is 5.40. The van der Waals surface area contributed by atoms with Crippen molar-refractivity contribution in [3.8, 4) is 0 Å². The molecule has 1 saturated heterocycles. The third-order valence-electron chi connectivity index (χ3n) is 4.22. The number of hydrogen-bond acceptors (Lipinski definition) is 3. The first kappa shape index (κ1) is 20.9. The molecule has 1 heterocycles. The number of carbonyl (C=O) groups is 2. The van der Waals surface area contributed by atoms with Crippen LogP contribution in [0.4, 0.5) is 26.7 Å². The van der Waals surface area contributed by atoms with Gasteiger partial charge in [0.15, 0.2) is 28.8 Å². The van der Waals surface area contributed by atoms with Gasteiger partial charge in [0.2, 0.25) is 5.82 Å². The lowest BCUT2D eigenvalue weighted by Crippen LogP contribution is -2.59. The van der Waals surface area contributed by atoms with Crippen molar-refractivity contribution in [1.29, 1.82) is 0 Å². The van der Waals surface area contributed by atoms with Crippen molar-refractivity contribution in [2.24, 2.45) is 0 Å². The Labute approximate surface area is 151 Å². The summed E-state index contributed by atoms with van der Waals surface area (Å²) < 4.78 is 74.7. The van der Waals surface area contributed by atoms with Gasteiger partial charge in [-0.2, -0.15) is 0 Å². The average Bonchev–Trinajstić information content (AvgIpc) is 2.57. The summed E-state index contributed by atoms with van der Waals surface area (Å²) in [4.78, 5) is 25.1. The van der Waals surface area contributed by atoms with E-state index in [2.05, 4.69) is 0 Å². The van der Waals surface area contributed by atoms with Crippen molar-refractivity contribution in [3.05, 3.63) is 34.6 Å². The van der Waals surface area contributed by atoms with Crippen LogP contribution >= 0.6 is 0 Å². The summed E-state index contributed by atoms with van der Waals surface area (Å²) in [6, 6.07) is 0. The first-order valence-electron chi connectivity index (χ1n) is 8.10. The predicted octanol–water partition coefficient (Wildman–Crippen LogP) is 4.08. The third-order valence-corrected chi connectivity index (χ3v) is 4.22. The van der Waals surface area contributed by atoms with Gasteiger partial charge in [-0.1, -0.05) is 0 Å². The molecular weight excluding hydrogens is 377 g/mol. The lowest BCUT2D eigenvalue weighted by Gasteiger charge is -2.44. The molecule has 10 heteroatoms. The van der Waals surface area contributed by atoms with Crippen LogP contribution in [0.5, 0.6) is 0 Å². The Balaban J connectivity index is 2.77. The molecule has 1 fully saturated rings. The molecule has 5 nitrogen and oxygen atoms in total. The van der Waals surface area contributed by atoms with Gasteiger partial charge in [0.1, 0.15) is 5.60 Å². The van der Waals surface area contributed by atoms with E-state index in [1.165, 1.54) is 20.8 Å². The van der Waals surface area contributed by atoms with Crippen molar-refractivity contribution in [1.82, 2.24) is 4.90 Å². The summed E-state index contributed by atoms with van der Waals surface area (Å²) in [5, 5.41) is 9.74. The summed E-state index contributed by atoms with van der Waals surface area (Å²) in [6.07, 6.45) is -1.41. The maximum absolute atomic E-state index is 14.4. The molecule has 1 N–H and O–H groups in total. The highest BCUT2D eigenvalue weighted by atomic mass is 19.2. The number of amides is 1. The van der Waals surface area contributed by atoms with Gasteiger partial charge in [0.25, 0.3) is 0 Å². The second kappa shape index (κ2) is 6.97. The zero-order valence-corrected chi connectivity index (χ0v) is 14.8. The molecule has 0 aromatic heterocycles. The zero-order valence-electron chi connectivity index (χ0n) is 14.8. The van der Waals surface area contributed by atoms with Crippen molar-refractivity contribution < 1.29 is 41.4 Å². The largest absolute Gasteiger partial charge is 0.479 e. The van der Waals surface area contributed by atoms with Gasteiger partial charge < -0.3 is 9.84 Å². The van der Waals surface area contributed by atoms with Gasteiger partial charge in [0.05, 0.1) is 5.56 Å². The highest BCUT2D eigenvalue weighted by Gasteiger charge is 2.55. The van der Waals surface area contributed by atoms with Crippen LogP contribution in [0.2, 0.25) is 0 Å². The normalized spacial score (nSPS) is 20.5. The molecule has 2 rings (SSSR count). The Bertz CT molecular complexity index is 764. The average molecular weight is 395 g/mol. The summed E-state index contributed by atoms with van der Waals surface area (Å²) in [6.45, 7) is 4.15. The smallest absolute Gasteiger partial charge is 0.411 e. The number of carboxylic acids is 1. The number of nitrogens with zero attached hydrogens (tertiary/aromatic N) is 1. The topological polar surface area (TPSA) is 66.8 Å². The van der Waals surface area contributed by atoms with Crippen LogP contribution in [0, 0.1) is 29.1 Å². The van der Waals surface area contributed by atoms with E-state index in [-0.39, 0.29) is 19.4 Å². The van der Waals surface area contributed by atoms with Crippen LogP contribution in [-0.2, 0) is 15.1 Å². The molecule has 0 saturated carbocycles. The first-order chi connectivity index (χ1) is 12.3. The lowest BCUT2D eigenvalue weighted by molar-refractivity contribution is -0.155. The van der Waals surface area contributed by atoms with Crippen molar-refractivity contribution in [2.75, 3.05) is 6.54 Å². The summed E-state index contributed by atoms with van der Waals surface area (Å²) >= 11 is 0. The Morgan fingerprint density at radius 2 is 1.44 bits per heavy atom. The molecule has 0 unspecified atom stereocenters. The van der Waals surface area contributed by atoms with E-state index >= 15 is 0 Å². The van der Waals surface area contributed by atoms with E-state index in [1.807, 2.05) is 0 Å². The molecule has 1 atom stereocenters. The van der Waals surface area contributed by atoms with E-state index in [0.29, 0.717) is 4.90 Å². The molecule has 27 heavy (non-hydrogen) atoms. The predicted molar refractivity (Wildman–Crippen MR) is 82.3 cm³/mol. The summed E-state index contributed by atoms with van der Waals surface area (Å²) in [5.74, 6) is -13.5. The number of aliphatic carboxylic acids is 1. The number of ether oxygens (including phenoxy) is 1. The fourth-order valence-electron chi connectivity index (χ4n) is 3.10. The van der Waals surface area contributed by atoms with E-state index in [4.69, 9.17) is 4.74 Å². The number of hydrogen-bond donors (Lipinski definition) is 1. The summed E-state index contributed by atoms with van der Waals surface area (Å²) in [7, 11) is 0. The number of halogens is 5. The lowest BCUT2D eigenvalue weighted by atomic mass is 9.79. The van der Waals surface area contributed by atoms with Crippen molar-refractivity contribution in [2.45, 2.75) is 51.2 Å². The van der Waals surface area contributed by atoms with Crippen LogP contribution in [0.25, 0.3) is 0 Å². The minimum atomic E-state index is -2.79. The summed E-state index contributed by atoms with van der Waals surface area (Å²) in [5.41, 5.74) is -5.43. The van der Waals surface area contributed by atoms with Crippen LogP contribution in [-0.4, -0.2) is 34.2 Å². The van der Waals surface area contributed by atoms with Crippen molar-refractivity contribution >= 4 is 12.1 Å². The number of carboxylic acid groups (broad SMARTS) is 1. The standard InChI is InChI=1S/C17H18F5NO4/c1-16(2,3)27-15(26)23-7-5-4-6-17(23,14(24)25)8-9(18)11(20)13(22)12(21)10(8)19/h4-7H2,1-3H3,(H,24,25)/t17-/m1/s1. The first-order valence-corrected chi connectivity index (χ1v) is 8.10. The van der Waals surface area contributed by atoms with E-state index in [9.17, 15) is 36.6 Å². The molecule has 150 valence electrons. The molecule has 1 aliphatic heterocycles. The SMILES string of the molecule is CC(C)(C)OC(=O)N1CCCC[C@]1(C(=O)O)c1c(F)c(F)c(F)c(F)c1F. The fourth-order valence-corrected chi connectivity index (χ4v) is 3.10. The third kappa shape index (κ3) is 3.44. The molecule has 0 spiro atoms. The second-order valence-corrected chi connectivity index (χ2v) is 7.20. The van der Waals surface area contributed by atoms with Crippen LogP contribution in [0.1, 0.15) is 45.6 Å². The molecule has 1 aliphatic rings. The number of carbonyl (C=O) groups excluding carboxylic acids is 1. The van der Waals surface area contributed by atoms with Crippen LogP contribution in [0.15, 0.2) is 0 Å². The number of likely N-dealkylation sites (tertiary alicyclic amines) is 1. The zero-order chi connectivity index (χ0) is 20.7. The molecule has 0 radical (unpaired) electrons. The van der Waals surface area contributed by atoms with Crippen LogP contribution < -0.4 is 0 Å². The van der Waals surface area contributed by atoms with Crippen LogP contribution in [0.3, 0.4) is 0 Å². The van der Waals surface area contributed by atoms with Gasteiger partial charge in [-0.25, -0.2) is 31.5 Å². The maximum atomic E-state index is 14.4. The number of rotatable bonds is 2. The van der Waals surface area contributed by atoms with E-state index < -0.39 is 64.3 Å². The van der Waals surface area contributed by atoms with E-state index in [0.717, 1.165) is 0 Å². The van der Waals surface area contributed by atoms with Gasteiger partial charge in [-0.05, 0) is 40.0 Å². The molecule has 0 aliphatic carbocycles. The molecule has 1 amide bonds. The second-order valence-electron chi connectivity index (χ2n) is 7.20. The monoisotopic (exact) mass is 395 g/mol. The van der Waals surface area contributed by atoms with Gasteiger partial charge >= 0.3 is 12.1 Å². The van der Waals surface area contributed by atoms with Crippen molar-refractivity contribution in [3.63, 3.8) is 0 Å². The Morgan fingerprint density at radius 3 is 1.89 bits per heavy atom. The minimum absolute atomic E-state index is 0.0884. The Morgan fingerprint density at radius 1 is 0.963 bits per heavy atom. The molecule has 0 bridgehead atoms. The quantitative estimate of drug-likeness (QED) is 0.466. The van der Waals surface area contributed by atoms with Gasteiger partial charge in [0, 0.05) is 6.54 Å². The minimum Gasteiger partial charge on any atom is -0.479 e. The fraction of sp³-hybridized carbons (Fsp3) is 0.529. The highest BCUT2D eigenvalue weighted by molar-refractivity contribution is 5.86. The molecule has 1 aromatic carbocycles. The maximum Gasteiger partial charge on any atom is 0.411 e. The number of piperidine rings is 1.